The summed E-state index contributed by atoms with van der Waals surface area (Å²) in [5, 5.41) is 2.22. The molecule has 0 saturated carbocycles. The van der Waals surface area contributed by atoms with E-state index in [-0.39, 0.29) is 17.7 Å². The van der Waals surface area contributed by atoms with Gasteiger partial charge >= 0.3 is 0 Å². The van der Waals surface area contributed by atoms with Crippen molar-refractivity contribution in [2.75, 3.05) is 6.54 Å². The van der Waals surface area contributed by atoms with Crippen LogP contribution in [0.1, 0.15) is 33.1 Å². The first kappa shape index (κ1) is 11.7. The van der Waals surface area contributed by atoms with Gasteiger partial charge in [-0.15, -0.1) is 0 Å². The second kappa shape index (κ2) is 4.91. The van der Waals surface area contributed by atoms with Gasteiger partial charge in [-0.05, 0) is 12.8 Å². The summed E-state index contributed by atoms with van der Waals surface area (Å²) in [5.41, 5.74) is 0. The molecule has 1 atom stereocenters. The van der Waals surface area contributed by atoms with Gasteiger partial charge in [0.2, 0.25) is 17.7 Å². The predicted molar refractivity (Wildman–Crippen MR) is 53.8 cm³/mol. The number of likely N-dealkylation sites (tertiary alicyclic amines) is 1. The number of nitrogens with one attached hydrogen (secondary N) is 1. The molecule has 0 bridgehead atoms. The van der Waals surface area contributed by atoms with E-state index < -0.39 is 6.04 Å². The summed E-state index contributed by atoms with van der Waals surface area (Å²) in [6.45, 7) is 3.73. The van der Waals surface area contributed by atoms with E-state index in [1.165, 1.54) is 6.92 Å². The molecule has 0 unspecified atom stereocenters. The van der Waals surface area contributed by atoms with Gasteiger partial charge in [0.05, 0.1) is 0 Å². The second-order valence-electron chi connectivity index (χ2n) is 3.66. The first-order chi connectivity index (χ1) is 7.06. The molecule has 0 radical (unpaired) electrons. The molecule has 15 heavy (non-hydrogen) atoms. The lowest BCUT2D eigenvalue weighted by molar-refractivity contribution is -0.140. The zero-order valence-electron chi connectivity index (χ0n) is 9.08. The summed E-state index contributed by atoms with van der Waals surface area (Å²) >= 11 is 0. The Morgan fingerprint density at radius 2 is 2.20 bits per heavy atom. The van der Waals surface area contributed by atoms with Crippen LogP contribution < -0.4 is 5.32 Å². The number of rotatable bonds is 3. The smallest absolute Gasteiger partial charge is 0.249 e. The van der Waals surface area contributed by atoms with Crippen molar-refractivity contribution < 1.29 is 14.4 Å². The molecule has 0 spiro atoms. The Morgan fingerprint density at radius 1 is 1.53 bits per heavy atom. The third-order valence-corrected chi connectivity index (χ3v) is 2.47. The number of amides is 3. The number of carbonyl (C=O) groups excluding carboxylic acids is 3. The van der Waals surface area contributed by atoms with Crippen molar-refractivity contribution in [1.29, 1.82) is 0 Å². The maximum absolute atomic E-state index is 11.6. The Labute approximate surface area is 88.8 Å². The zero-order valence-corrected chi connectivity index (χ0v) is 9.08. The summed E-state index contributed by atoms with van der Waals surface area (Å²) in [4.78, 5) is 35.3. The number of nitrogens with zero attached hydrogens (tertiary/aromatic N) is 1. The van der Waals surface area contributed by atoms with Crippen LogP contribution in [0.25, 0.3) is 0 Å². The van der Waals surface area contributed by atoms with Crippen LogP contribution in [0.3, 0.4) is 0 Å². The highest BCUT2D eigenvalue weighted by Crippen LogP contribution is 2.15. The molecule has 5 nitrogen and oxygen atoms in total. The number of imide groups is 1. The van der Waals surface area contributed by atoms with Crippen molar-refractivity contribution in [2.24, 2.45) is 0 Å². The Kier molecular flexibility index (Phi) is 3.82. The van der Waals surface area contributed by atoms with Crippen molar-refractivity contribution >= 4 is 17.7 Å². The summed E-state index contributed by atoms with van der Waals surface area (Å²) in [7, 11) is 0. The Morgan fingerprint density at radius 3 is 2.60 bits per heavy atom. The largest absolute Gasteiger partial charge is 0.331 e. The van der Waals surface area contributed by atoms with E-state index in [4.69, 9.17) is 0 Å². The summed E-state index contributed by atoms with van der Waals surface area (Å²) in [5.74, 6) is -0.758. The fourth-order valence-corrected chi connectivity index (χ4v) is 1.80. The fourth-order valence-electron chi connectivity index (χ4n) is 1.80. The minimum atomic E-state index is -0.496. The van der Waals surface area contributed by atoms with Gasteiger partial charge in [-0.2, -0.15) is 0 Å². The Balaban J connectivity index is 2.65. The van der Waals surface area contributed by atoms with Crippen LogP contribution in [-0.4, -0.2) is 35.2 Å². The van der Waals surface area contributed by atoms with Crippen molar-refractivity contribution in [3.63, 3.8) is 0 Å². The van der Waals surface area contributed by atoms with Crippen molar-refractivity contribution in [1.82, 2.24) is 10.2 Å². The minimum Gasteiger partial charge on any atom is -0.331 e. The van der Waals surface area contributed by atoms with Gasteiger partial charge < -0.3 is 4.90 Å². The minimum absolute atomic E-state index is 0.000511. The Bertz CT molecular complexity index is 288. The van der Waals surface area contributed by atoms with Crippen molar-refractivity contribution in [3.8, 4) is 0 Å². The molecule has 1 rings (SSSR count). The third-order valence-electron chi connectivity index (χ3n) is 2.47. The quantitative estimate of drug-likeness (QED) is 0.718. The predicted octanol–water partition coefficient (Wildman–Crippen LogP) is 0.0501. The SMILES string of the molecule is CC[C@@H](C(=O)NC(C)=O)N1CCCC1=O. The van der Waals surface area contributed by atoms with E-state index in [0.717, 1.165) is 6.42 Å². The van der Waals surface area contributed by atoms with E-state index in [9.17, 15) is 14.4 Å². The average Bonchev–Trinajstić information content (AvgIpc) is 2.52. The lowest BCUT2D eigenvalue weighted by Crippen LogP contribution is -2.48. The summed E-state index contributed by atoms with van der Waals surface area (Å²) in [6.07, 6.45) is 1.83. The molecule has 0 aromatic heterocycles. The van der Waals surface area contributed by atoms with E-state index in [2.05, 4.69) is 5.32 Å². The number of hydrogen-bond donors (Lipinski definition) is 1. The molecule has 1 saturated heterocycles. The van der Waals surface area contributed by atoms with Gasteiger partial charge in [-0.25, -0.2) is 0 Å². The van der Waals surface area contributed by atoms with Gasteiger partial charge in [0, 0.05) is 19.9 Å². The lowest BCUT2D eigenvalue weighted by atomic mass is 10.2. The highest BCUT2D eigenvalue weighted by molar-refractivity contribution is 5.98. The van der Waals surface area contributed by atoms with Gasteiger partial charge in [0.15, 0.2) is 0 Å². The van der Waals surface area contributed by atoms with Gasteiger partial charge in [0.1, 0.15) is 6.04 Å². The molecule has 84 valence electrons. The molecule has 1 aliphatic rings. The maximum atomic E-state index is 11.6. The van der Waals surface area contributed by atoms with Gasteiger partial charge in [-0.1, -0.05) is 6.92 Å². The van der Waals surface area contributed by atoms with E-state index in [1.54, 1.807) is 4.90 Å². The van der Waals surface area contributed by atoms with Crippen LogP contribution in [0.15, 0.2) is 0 Å². The molecular weight excluding hydrogens is 196 g/mol. The number of carbonyl (C=O) groups is 3. The first-order valence-corrected chi connectivity index (χ1v) is 5.17. The normalized spacial score (nSPS) is 17.7. The topological polar surface area (TPSA) is 66.5 Å². The molecule has 0 aromatic rings. The molecule has 0 aromatic carbocycles. The van der Waals surface area contributed by atoms with Crippen molar-refractivity contribution in [2.45, 2.75) is 39.2 Å². The third kappa shape index (κ3) is 2.78. The van der Waals surface area contributed by atoms with Gasteiger partial charge in [0.25, 0.3) is 0 Å². The van der Waals surface area contributed by atoms with Crippen LogP contribution in [0.2, 0.25) is 0 Å². The van der Waals surface area contributed by atoms with E-state index in [0.29, 0.717) is 19.4 Å². The maximum Gasteiger partial charge on any atom is 0.249 e. The summed E-state index contributed by atoms with van der Waals surface area (Å²) < 4.78 is 0. The standard InChI is InChI=1S/C10H16N2O3/c1-3-8(10(15)11-7(2)13)12-6-4-5-9(12)14/h8H,3-6H2,1-2H3,(H,11,13,15)/t8-/m0/s1. The number of hydrogen-bond acceptors (Lipinski definition) is 3. The van der Waals surface area contributed by atoms with Crippen LogP contribution in [0, 0.1) is 0 Å². The molecule has 1 N–H and O–H groups in total. The first-order valence-electron chi connectivity index (χ1n) is 5.17. The molecule has 5 heteroatoms. The van der Waals surface area contributed by atoms with E-state index in [1.807, 2.05) is 6.92 Å². The molecule has 0 aliphatic carbocycles. The van der Waals surface area contributed by atoms with Gasteiger partial charge in [-0.3, -0.25) is 19.7 Å². The highest BCUT2D eigenvalue weighted by atomic mass is 16.2. The Hall–Kier alpha value is -1.39. The van der Waals surface area contributed by atoms with Crippen molar-refractivity contribution in [3.05, 3.63) is 0 Å². The highest BCUT2D eigenvalue weighted by Gasteiger charge is 2.31. The fraction of sp³-hybridized carbons (Fsp3) is 0.700. The molecular formula is C10H16N2O3. The molecule has 1 fully saturated rings. The lowest BCUT2D eigenvalue weighted by Gasteiger charge is -2.25. The molecule has 3 amide bonds. The van der Waals surface area contributed by atoms with Crippen LogP contribution in [-0.2, 0) is 14.4 Å². The summed E-state index contributed by atoms with van der Waals surface area (Å²) in [6, 6.07) is -0.496. The van der Waals surface area contributed by atoms with Crippen LogP contribution in [0.4, 0.5) is 0 Å². The second-order valence-corrected chi connectivity index (χ2v) is 3.66. The van der Waals surface area contributed by atoms with E-state index >= 15 is 0 Å². The average molecular weight is 212 g/mol. The zero-order chi connectivity index (χ0) is 11.4. The molecule has 1 heterocycles. The van der Waals surface area contributed by atoms with Crippen LogP contribution >= 0.6 is 0 Å². The van der Waals surface area contributed by atoms with Crippen LogP contribution in [0.5, 0.6) is 0 Å². The molecule has 1 aliphatic heterocycles. The monoisotopic (exact) mass is 212 g/mol.